The van der Waals surface area contributed by atoms with Crippen LogP contribution in [0.4, 0.5) is 11.4 Å². The molecular weight excluding hydrogens is 304 g/mol. The van der Waals surface area contributed by atoms with Gasteiger partial charge in [-0.1, -0.05) is 17.8 Å². The summed E-state index contributed by atoms with van der Waals surface area (Å²) in [6, 6.07) is 3.08. The van der Waals surface area contributed by atoms with Crippen molar-refractivity contribution in [2.24, 2.45) is 7.05 Å². The van der Waals surface area contributed by atoms with Crippen LogP contribution in [0.1, 0.15) is 11.1 Å². The molecule has 2 rings (SSSR count). The number of hydrogen-bond donors (Lipinski definition) is 1. The molecule has 0 saturated carbocycles. The Morgan fingerprint density at radius 1 is 1.45 bits per heavy atom. The minimum Gasteiger partial charge on any atom is -0.329 e. The molecule has 7 nitrogen and oxygen atoms in total. The molecule has 0 bridgehead atoms. The van der Waals surface area contributed by atoms with Crippen LogP contribution in [0.25, 0.3) is 0 Å². The van der Waals surface area contributed by atoms with E-state index in [1.54, 1.807) is 30.0 Å². The minimum absolute atomic E-state index is 0.0987. The molecule has 1 aromatic heterocycles. The highest BCUT2D eigenvalue weighted by Gasteiger charge is 2.19. The van der Waals surface area contributed by atoms with Gasteiger partial charge in [-0.2, -0.15) is 0 Å². The zero-order valence-electron chi connectivity index (χ0n) is 12.5. The zero-order chi connectivity index (χ0) is 16.3. The van der Waals surface area contributed by atoms with Crippen LogP contribution in [0.2, 0.25) is 0 Å². The number of nitrogens with zero attached hydrogens (tertiary/aromatic N) is 3. The Balaban J connectivity index is 2.13. The number of thioether (sulfide) groups is 1. The van der Waals surface area contributed by atoms with Crippen molar-refractivity contribution in [1.29, 1.82) is 0 Å². The Labute approximate surface area is 131 Å². The standard InChI is InChI=1S/C14H16N4O3S/c1-9-4-5-11(18(20)21)13(10(9)2)16-12(19)8-22-14-15-6-7-17(14)3/h4-7H,8H2,1-3H3,(H,16,19). The van der Waals surface area contributed by atoms with Gasteiger partial charge in [0.25, 0.3) is 5.69 Å². The summed E-state index contributed by atoms with van der Waals surface area (Å²) in [7, 11) is 1.84. The first-order valence-corrected chi connectivity index (χ1v) is 7.53. The van der Waals surface area contributed by atoms with Crippen LogP contribution in [-0.2, 0) is 11.8 Å². The number of imidazole rings is 1. The smallest absolute Gasteiger partial charge is 0.293 e. The first-order valence-electron chi connectivity index (χ1n) is 6.54. The third-order valence-corrected chi connectivity index (χ3v) is 4.34. The summed E-state index contributed by atoms with van der Waals surface area (Å²) >= 11 is 1.28. The van der Waals surface area contributed by atoms with Gasteiger partial charge in [0.1, 0.15) is 5.69 Å². The number of amides is 1. The number of hydrogen-bond acceptors (Lipinski definition) is 5. The van der Waals surface area contributed by atoms with Crippen LogP contribution in [0.3, 0.4) is 0 Å². The zero-order valence-corrected chi connectivity index (χ0v) is 13.3. The van der Waals surface area contributed by atoms with Gasteiger partial charge in [0.15, 0.2) is 5.16 Å². The molecule has 0 aliphatic rings. The quantitative estimate of drug-likeness (QED) is 0.519. The fraction of sp³-hybridized carbons (Fsp3) is 0.286. The molecule has 0 fully saturated rings. The Hall–Kier alpha value is -2.35. The van der Waals surface area contributed by atoms with E-state index in [1.807, 2.05) is 14.0 Å². The Kier molecular flexibility index (Phi) is 4.81. The lowest BCUT2D eigenvalue weighted by Crippen LogP contribution is -2.16. The summed E-state index contributed by atoms with van der Waals surface area (Å²) in [5, 5.41) is 14.4. The summed E-state index contributed by atoms with van der Waals surface area (Å²) in [6.07, 6.45) is 3.44. The van der Waals surface area contributed by atoms with Gasteiger partial charge in [0, 0.05) is 25.5 Å². The van der Waals surface area contributed by atoms with E-state index in [-0.39, 0.29) is 23.0 Å². The van der Waals surface area contributed by atoms with Gasteiger partial charge in [-0.3, -0.25) is 14.9 Å². The van der Waals surface area contributed by atoms with Crippen LogP contribution in [0, 0.1) is 24.0 Å². The Morgan fingerprint density at radius 2 is 2.18 bits per heavy atom. The number of benzene rings is 1. The predicted molar refractivity (Wildman–Crippen MR) is 85.1 cm³/mol. The number of aromatic nitrogens is 2. The minimum atomic E-state index is -0.492. The molecule has 0 saturated heterocycles. The second-order valence-electron chi connectivity index (χ2n) is 4.82. The summed E-state index contributed by atoms with van der Waals surface area (Å²) in [5.41, 5.74) is 1.75. The van der Waals surface area contributed by atoms with Gasteiger partial charge in [-0.25, -0.2) is 4.98 Å². The van der Waals surface area contributed by atoms with Crippen molar-refractivity contribution in [1.82, 2.24) is 9.55 Å². The van der Waals surface area contributed by atoms with Crippen LogP contribution in [0.15, 0.2) is 29.7 Å². The molecule has 1 N–H and O–H groups in total. The SMILES string of the molecule is Cc1ccc([N+](=O)[O-])c(NC(=O)CSc2nccn2C)c1C. The Bertz CT molecular complexity index is 727. The molecule has 116 valence electrons. The normalized spacial score (nSPS) is 10.5. The highest BCUT2D eigenvalue weighted by Crippen LogP contribution is 2.30. The number of nitrogens with one attached hydrogen (secondary N) is 1. The monoisotopic (exact) mass is 320 g/mol. The molecule has 0 aliphatic heterocycles. The fourth-order valence-corrected chi connectivity index (χ4v) is 2.64. The van der Waals surface area contributed by atoms with E-state index in [2.05, 4.69) is 10.3 Å². The molecule has 0 unspecified atom stereocenters. The van der Waals surface area contributed by atoms with Crippen molar-refractivity contribution in [2.75, 3.05) is 11.1 Å². The maximum atomic E-state index is 12.1. The predicted octanol–water partition coefficient (Wildman–Crippen LogP) is 2.68. The third-order valence-electron chi connectivity index (χ3n) is 3.28. The molecule has 2 aromatic rings. The number of carbonyl (C=O) groups excluding carboxylic acids is 1. The van der Waals surface area contributed by atoms with Gasteiger partial charge in [-0.05, 0) is 25.0 Å². The molecule has 0 spiro atoms. The average molecular weight is 320 g/mol. The van der Waals surface area contributed by atoms with E-state index in [0.717, 1.165) is 5.56 Å². The number of aryl methyl sites for hydroxylation is 2. The highest BCUT2D eigenvalue weighted by atomic mass is 32.2. The van der Waals surface area contributed by atoms with Gasteiger partial charge in [-0.15, -0.1) is 0 Å². The van der Waals surface area contributed by atoms with Gasteiger partial charge in [0.05, 0.1) is 10.7 Å². The van der Waals surface area contributed by atoms with Gasteiger partial charge in [0.2, 0.25) is 5.91 Å². The fourth-order valence-electron chi connectivity index (χ4n) is 1.91. The molecule has 1 amide bonds. The van der Waals surface area contributed by atoms with E-state index < -0.39 is 4.92 Å². The van der Waals surface area contributed by atoms with Crippen molar-refractivity contribution in [3.63, 3.8) is 0 Å². The molecule has 8 heteroatoms. The summed E-state index contributed by atoms with van der Waals surface area (Å²) in [6.45, 7) is 3.60. The number of carbonyl (C=O) groups is 1. The van der Waals surface area contributed by atoms with E-state index in [4.69, 9.17) is 0 Å². The van der Waals surface area contributed by atoms with Crippen molar-refractivity contribution < 1.29 is 9.72 Å². The summed E-state index contributed by atoms with van der Waals surface area (Å²) in [5.74, 6) is -0.167. The molecule has 0 atom stereocenters. The highest BCUT2D eigenvalue weighted by molar-refractivity contribution is 7.99. The van der Waals surface area contributed by atoms with Crippen molar-refractivity contribution in [3.05, 3.63) is 45.8 Å². The third kappa shape index (κ3) is 3.45. The molecule has 1 aromatic carbocycles. The van der Waals surface area contributed by atoms with Gasteiger partial charge < -0.3 is 9.88 Å². The number of rotatable bonds is 5. The Morgan fingerprint density at radius 3 is 2.77 bits per heavy atom. The first kappa shape index (κ1) is 16.0. The summed E-state index contributed by atoms with van der Waals surface area (Å²) in [4.78, 5) is 26.8. The molecule has 0 aliphatic carbocycles. The lowest BCUT2D eigenvalue weighted by molar-refractivity contribution is -0.384. The molecular formula is C14H16N4O3S. The van der Waals surface area contributed by atoms with E-state index in [1.165, 1.54) is 17.8 Å². The second kappa shape index (κ2) is 6.61. The number of anilines is 1. The number of nitro groups is 1. The topological polar surface area (TPSA) is 90.1 Å². The maximum absolute atomic E-state index is 12.1. The van der Waals surface area contributed by atoms with E-state index in [9.17, 15) is 14.9 Å². The maximum Gasteiger partial charge on any atom is 0.293 e. The lowest BCUT2D eigenvalue weighted by atomic mass is 10.1. The van der Waals surface area contributed by atoms with E-state index in [0.29, 0.717) is 10.7 Å². The lowest BCUT2D eigenvalue weighted by Gasteiger charge is -2.11. The largest absolute Gasteiger partial charge is 0.329 e. The molecule has 1 heterocycles. The molecule has 0 radical (unpaired) electrons. The van der Waals surface area contributed by atoms with Crippen molar-refractivity contribution in [3.8, 4) is 0 Å². The van der Waals surface area contributed by atoms with Crippen molar-refractivity contribution >= 4 is 29.0 Å². The number of nitro benzene ring substituents is 1. The second-order valence-corrected chi connectivity index (χ2v) is 5.76. The average Bonchev–Trinajstić information content (AvgIpc) is 2.87. The first-order chi connectivity index (χ1) is 10.4. The summed E-state index contributed by atoms with van der Waals surface area (Å²) < 4.78 is 1.80. The van der Waals surface area contributed by atoms with Crippen LogP contribution in [0.5, 0.6) is 0 Å². The van der Waals surface area contributed by atoms with Gasteiger partial charge >= 0.3 is 0 Å². The van der Waals surface area contributed by atoms with Crippen LogP contribution >= 0.6 is 11.8 Å². The van der Waals surface area contributed by atoms with Crippen LogP contribution in [-0.4, -0.2) is 26.1 Å². The van der Waals surface area contributed by atoms with E-state index >= 15 is 0 Å². The van der Waals surface area contributed by atoms with Crippen molar-refractivity contribution in [2.45, 2.75) is 19.0 Å². The van der Waals surface area contributed by atoms with Crippen LogP contribution < -0.4 is 5.32 Å². The molecule has 22 heavy (non-hydrogen) atoms.